The smallest absolute Gasteiger partial charge is 0.186 e. The molecule has 2 heterocycles. The van der Waals surface area contributed by atoms with Gasteiger partial charge in [-0.3, -0.25) is 0 Å². The topological polar surface area (TPSA) is 55.4 Å². The maximum atomic E-state index is 6.14. The van der Waals surface area contributed by atoms with Crippen molar-refractivity contribution in [2.45, 2.75) is 37.5 Å². The van der Waals surface area contributed by atoms with E-state index in [1.54, 1.807) is 14.2 Å². The van der Waals surface area contributed by atoms with Gasteiger partial charge < -0.3 is 28.4 Å². The molecule has 5 atom stereocenters. The summed E-state index contributed by atoms with van der Waals surface area (Å²) in [6.45, 7) is 0.938. The van der Waals surface area contributed by atoms with Crippen LogP contribution in [-0.4, -0.2) is 45.4 Å². The Morgan fingerprint density at radius 3 is 2.30 bits per heavy atom. The molecule has 0 radical (unpaired) electrons. The van der Waals surface area contributed by atoms with Gasteiger partial charge in [0, 0.05) is 12.7 Å². The molecular formula is C21H24O6. The minimum absolute atomic E-state index is 0.238. The first kappa shape index (κ1) is 18.4. The molecular weight excluding hydrogens is 348 g/mol. The summed E-state index contributed by atoms with van der Waals surface area (Å²) >= 11 is 0. The zero-order chi connectivity index (χ0) is 18.6. The van der Waals surface area contributed by atoms with Crippen molar-refractivity contribution in [3.05, 3.63) is 65.7 Å². The minimum Gasteiger partial charge on any atom is -0.497 e. The molecule has 0 unspecified atom stereocenters. The predicted octanol–water partition coefficient (Wildman–Crippen LogP) is 3.07. The monoisotopic (exact) mass is 372 g/mol. The van der Waals surface area contributed by atoms with E-state index < -0.39 is 12.6 Å². The molecule has 2 saturated heterocycles. The highest BCUT2D eigenvalue weighted by Gasteiger charge is 2.53. The normalized spacial score (nSPS) is 29.6. The van der Waals surface area contributed by atoms with Crippen molar-refractivity contribution in [3.8, 4) is 5.75 Å². The molecule has 0 bridgehead atoms. The van der Waals surface area contributed by atoms with Gasteiger partial charge in [0.15, 0.2) is 12.6 Å². The van der Waals surface area contributed by atoms with Crippen LogP contribution in [0.4, 0.5) is 0 Å². The predicted molar refractivity (Wildman–Crippen MR) is 97.2 cm³/mol. The third-order valence-corrected chi connectivity index (χ3v) is 4.84. The molecule has 2 aromatic rings. The fourth-order valence-electron chi connectivity index (χ4n) is 3.43. The molecule has 2 fully saturated rings. The second-order valence-electron chi connectivity index (χ2n) is 6.59. The van der Waals surface area contributed by atoms with Gasteiger partial charge >= 0.3 is 0 Å². The van der Waals surface area contributed by atoms with Crippen LogP contribution in [0.15, 0.2) is 54.6 Å². The SMILES string of the molecule is COc1ccc([C@@H]2O[C@H]3[C@H](OC)O[C@H](COCc4ccccc4)[C@H]3O2)cc1. The lowest BCUT2D eigenvalue weighted by Crippen LogP contribution is -2.32. The Hall–Kier alpha value is -1.96. The van der Waals surface area contributed by atoms with Crippen LogP contribution >= 0.6 is 0 Å². The number of rotatable bonds is 7. The summed E-state index contributed by atoms with van der Waals surface area (Å²) in [4.78, 5) is 0. The van der Waals surface area contributed by atoms with Gasteiger partial charge in [0.05, 0.1) is 20.3 Å². The molecule has 0 spiro atoms. The van der Waals surface area contributed by atoms with Crippen molar-refractivity contribution in [2.75, 3.05) is 20.8 Å². The van der Waals surface area contributed by atoms with Crippen LogP contribution in [-0.2, 0) is 30.3 Å². The summed E-state index contributed by atoms with van der Waals surface area (Å²) in [7, 11) is 3.25. The van der Waals surface area contributed by atoms with E-state index in [9.17, 15) is 0 Å². The molecule has 0 aromatic heterocycles. The fraction of sp³-hybridized carbons (Fsp3) is 0.429. The van der Waals surface area contributed by atoms with Crippen LogP contribution in [0, 0.1) is 0 Å². The Bertz CT molecular complexity index is 719. The van der Waals surface area contributed by atoms with E-state index >= 15 is 0 Å². The maximum Gasteiger partial charge on any atom is 0.186 e. The molecule has 2 aliphatic rings. The third kappa shape index (κ3) is 4.00. The highest BCUT2D eigenvalue weighted by molar-refractivity contribution is 5.28. The van der Waals surface area contributed by atoms with E-state index in [4.69, 9.17) is 28.4 Å². The largest absolute Gasteiger partial charge is 0.497 e. The molecule has 144 valence electrons. The van der Waals surface area contributed by atoms with E-state index in [0.29, 0.717) is 13.2 Å². The van der Waals surface area contributed by atoms with Crippen LogP contribution in [0.3, 0.4) is 0 Å². The molecule has 0 N–H and O–H groups in total. The number of hydrogen-bond acceptors (Lipinski definition) is 6. The average Bonchev–Trinajstić information content (AvgIpc) is 3.29. The molecule has 0 aliphatic carbocycles. The van der Waals surface area contributed by atoms with Crippen molar-refractivity contribution in [1.29, 1.82) is 0 Å². The zero-order valence-corrected chi connectivity index (χ0v) is 15.4. The van der Waals surface area contributed by atoms with Gasteiger partial charge in [0.25, 0.3) is 0 Å². The Morgan fingerprint density at radius 1 is 0.852 bits per heavy atom. The van der Waals surface area contributed by atoms with E-state index in [0.717, 1.165) is 16.9 Å². The van der Waals surface area contributed by atoms with Crippen LogP contribution in [0.2, 0.25) is 0 Å². The minimum atomic E-state index is -0.469. The van der Waals surface area contributed by atoms with Gasteiger partial charge in [-0.05, 0) is 17.7 Å². The van der Waals surface area contributed by atoms with Gasteiger partial charge in [-0.1, -0.05) is 42.5 Å². The second-order valence-corrected chi connectivity index (χ2v) is 6.59. The highest BCUT2D eigenvalue weighted by Crippen LogP contribution is 2.40. The maximum absolute atomic E-state index is 6.14. The van der Waals surface area contributed by atoms with Crippen molar-refractivity contribution >= 4 is 0 Å². The van der Waals surface area contributed by atoms with Crippen LogP contribution in [0.1, 0.15) is 17.4 Å². The quantitative estimate of drug-likeness (QED) is 0.745. The first-order valence-electron chi connectivity index (χ1n) is 9.03. The Kier molecular flexibility index (Phi) is 5.71. The fourth-order valence-corrected chi connectivity index (χ4v) is 3.43. The molecule has 0 amide bonds. The third-order valence-electron chi connectivity index (χ3n) is 4.84. The van der Waals surface area contributed by atoms with Gasteiger partial charge in [-0.25, -0.2) is 0 Å². The van der Waals surface area contributed by atoms with Crippen molar-refractivity contribution in [3.63, 3.8) is 0 Å². The summed E-state index contributed by atoms with van der Waals surface area (Å²) in [5.41, 5.74) is 2.05. The van der Waals surface area contributed by atoms with Gasteiger partial charge in [-0.15, -0.1) is 0 Å². The molecule has 6 nitrogen and oxygen atoms in total. The zero-order valence-electron chi connectivity index (χ0n) is 15.4. The number of fused-ring (bicyclic) bond motifs is 1. The number of ether oxygens (including phenoxy) is 6. The Morgan fingerprint density at radius 2 is 1.59 bits per heavy atom. The van der Waals surface area contributed by atoms with Gasteiger partial charge in [-0.2, -0.15) is 0 Å². The van der Waals surface area contributed by atoms with Crippen molar-refractivity contribution in [1.82, 2.24) is 0 Å². The second kappa shape index (κ2) is 8.37. The lowest BCUT2D eigenvalue weighted by atomic mass is 10.1. The van der Waals surface area contributed by atoms with E-state index in [-0.39, 0.29) is 18.3 Å². The summed E-state index contributed by atoms with van der Waals surface area (Å²) in [5.74, 6) is 0.794. The van der Waals surface area contributed by atoms with E-state index in [1.807, 2.05) is 54.6 Å². The van der Waals surface area contributed by atoms with Crippen LogP contribution < -0.4 is 4.74 Å². The van der Waals surface area contributed by atoms with Crippen molar-refractivity contribution < 1.29 is 28.4 Å². The number of methoxy groups -OCH3 is 2. The van der Waals surface area contributed by atoms with E-state index in [2.05, 4.69) is 0 Å². The molecule has 2 aromatic carbocycles. The van der Waals surface area contributed by atoms with Gasteiger partial charge in [0.2, 0.25) is 0 Å². The lowest BCUT2D eigenvalue weighted by Gasteiger charge is -2.20. The Labute approximate surface area is 158 Å². The number of hydrogen-bond donors (Lipinski definition) is 0. The summed E-state index contributed by atoms with van der Waals surface area (Å²) in [6, 6.07) is 17.7. The van der Waals surface area contributed by atoms with Gasteiger partial charge in [0.1, 0.15) is 24.1 Å². The molecule has 2 aliphatic heterocycles. The average molecular weight is 372 g/mol. The Balaban J connectivity index is 1.38. The summed E-state index contributed by atoms with van der Waals surface area (Å²) in [5, 5.41) is 0. The number of benzene rings is 2. The standard InChI is InChI=1S/C21H24O6/c1-22-16-10-8-15(9-11-16)20-26-18-17(25-21(23-2)19(18)27-20)13-24-12-14-6-4-3-5-7-14/h3-11,17-21H,12-13H2,1-2H3/t17-,18-,19-,20+,21-/m1/s1. The van der Waals surface area contributed by atoms with E-state index in [1.165, 1.54) is 0 Å². The first-order valence-corrected chi connectivity index (χ1v) is 9.03. The molecule has 27 heavy (non-hydrogen) atoms. The molecule has 6 heteroatoms. The highest BCUT2D eigenvalue weighted by atomic mass is 16.8. The molecule has 4 rings (SSSR count). The van der Waals surface area contributed by atoms with Crippen LogP contribution in [0.25, 0.3) is 0 Å². The van der Waals surface area contributed by atoms with Crippen LogP contribution in [0.5, 0.6) is 5.75 Å². The summed E-state index contributed by atoms with van der Waals surface area (Å²) in [6.07, 6.45) is -1.69. The summed E-state index contributed by atoms with van der Waals surface area (Å²) < 4.78 is 34.6. The lowest BCUT2D eigenvalue weighted by molar-refractivity contribution is -0.204. The first-order chi connectivity index (χ1) is 13.3. The van der Waals surface area contributed by atoms with Crippen molar-refractivity contribution in [2.24, 2.45) is 0 Å². The molecule has 0 saturated carbocycles.